The molecule has 0 fully saturated rings. The maximum Gasteiger partial charge on any atom is 0.224 e. The highest BCUT2D eigenvalue weighted by Crippen LogP contribution is 2.14. The van der Waals surface area contributed by atoms with Crippen LogP contribution in [-0.2, 0) is 24.2 Å². The van der Waals surface area contributed by atoms with Crippen molar-refractivity contribution in [2.45, 2.75) is 39.7 Å². The Hall–Kier alpha value is -2.29. The van der Waals surface area contributed by atoms with Crippen molar-refractivity contribution < 1.29 is 9.53 Å². The first-order chi connectivity index (χ1) is 11.2. The number of benzene rings is 2. The molecule has 0 aliphatic heterocycles. The lowest BCUT2D eigenvalue weighted by molar-refractivity contribution is -0.120. The van der Waals surface area contributed by atoms with E-state index in [0.717, 1.165) is 29.7 Å². The molecule has 0 saturated heterocycles. The van der Waals surface area contributed by atoms with Crippen molar-refractivity contribution in [1.29, 1.82) is 0 Å². The van der Waals surface area contributed by atoms with E-state index in [9.17, 15) is 4.79 Å². The molecule has 0 bridgehead atoms. The van der Waals surface area contributed by atoms with Crippen LogP contribution in [0.1, 0.15) is 37.0 Å². The van der Waals surface area contributed by atoms with Crippen molar-refractivity contribution in [1.82, 2.24) is 5.32 Å². The minimum absolute atomic E-state index is 0.0470. The molecule has 0 aliphatic rings. The van der Waals surface area contributed by atoms with E-state index in [1.165, 1.54) is 5.56 Å². The average Bonchev–Trinajstić information content (AvgIpc) is 2.59. The minimum Gasteiger partial charge on any atom is -0.494 e. The lowest BCUT2D eigenvalue weighted by Crippen LogP contribution is -2.25. The van der Waals surface area contributed by atoms with E-state index in [4.69, 9.17) is 4.74 Å². The van der Waals surface area contributed by atoms with Crippen LogP contribution < -0.4 is 10.1 Å². The fourth-order valence-electron chi connectivity index (χ4n) is 2.48. The first-order valence-corrected chi connectivity index (χ1v) is 8.28. The van der Waals surface area contributed by atoms with Gasteiger partial charge in [0.05, 0.1) is 13.0 Å². The summed E-state index contributed by atoms with van der Waals surface area (Å²) in [6, 6.07) is 16.0. The number of rotatable bonds is 8. The molecule has 122 valence electrons. The SMILES string of the molecule is CCCOc1cccc(CNC(=O)Cc2ccccc2CC)c1. The van der Waals surface area contributed by atoms with Crippen LogP contribution in [0.25, 0.3) is 0 Å². The quantitative estimate of drug-likeness (QED) is 0.803. The Labute approximate surface area is 138 Å². The summed E-state index contributed by atoms with van der Waals surface area (Å²) in [5, 5.41) is 2.99. The first-order valence-electron chi connectivity index (χ1n) is 8.28. The van der Waals surface area contributed by atoms with Crippen molar-refractivity contribution in [2.24, 2.45) is 0 Å². The van der Waals surface area contributed by atoms with Gasteiger partial charge in [0.2, 0.25) is 5.91 Å². The zero-order valence-electron chi connectivity index (χ0n) is 14.0. The molecule has 0 heterocycles. The molecule has 3 nitrogen and oxygen atoms in total. The van der Waals surface area contributed by atoms with Gasteiger partial charge in [0.25, 0.3) is 0 Å². The van der Waals surface area contributed by atoms with E-state index >= 15 is 0 Å². The number of carbonyl (C=O) groups excluding carboxylic acids is 1. The zero-order chi connectivity index (χ0) is 16.5. The van der Waals surface area contributed by atoms with Gasteiger partial charge in [-0.2, -0.15) is 0 Å². The van der Waals surface area contributed by atoms with Crippen molar-refractivity contribution in [2.75, 3.05) is 6.61 Å². The number of nitrogens with one attached hydrogen (secondary N) is 1. The van der Waals surface area contributed by atoms with Crippen LogP contribution in [0, 0.1) is 0 Å². The Kier molecular flexibility index (Phi) is 6.67. The highest BCUT2D eigenvalue weighted by atomic mass is 16.5. The van der Waals surface area contributed by atoms with Crippen molar-refractivity contribution in [3.05, 3.63) is 65.2 Å². The second-order valence-corrected chi connectivity index (χ2v) is 5.57. The second-order valence-electron chi connectivity index (χ2n) is 5.57. The van der Waals surface area contributed by atoms with Gasteiger partial charge in [0, 0.05) is 6.54 Å². The molecular weight excluding hydrogens is 286 g/mol. The lowest BCUT2D eigenvalue weighted by atomic mass is 10.0. The fourth-order valence-corrected chi connectivity index (χ4v) is 2.48. The molecule has 0 spiro atoms. The molecule has 1 amide bonds. The number of hydrogen-bond donors (Lipinski definition) is 1. The third-order valence-electron chi connectivity index (χ3n) is 3.71. The third-order valence-corrected chi connectivity index (χ3v) is 3.71. The monoisotopic (exact) mass is 311 g/mol. The van der Waals surface area contributed by atoms with Gasteiger partial charge in [-0.3, -0.25) is 4.79 Å². The molecule has 3 heteroatoms. The van der Waals surface area contributed by atoms with E-state index < -0.39 is 0 Å². The van der Waals surface area contributed by atoms with Gasteiger partial charge in [0.1, 0.15) is 5.75 Å². The van der Waals surface area contributed by atoms with Crippen LogP contribution in [0.2, 0.25) is 0 Å². The number of aryl methyl sites for hydroxylation is 1. The lowest BCUT2D eigenvalue weighted by Gasteiger charge is -2.10. The van der Waals surface area contributed by atoms with Crippen molar-refractivity contribution in [3.8, 4) is 5.75 Å². The highest BCUT2D eigenvalue weighted by Gasteiger charge is 2.07. The van der Waals surface area contributed by atoms with Gasteiger partial charge in [-0.25, -0.2) is 0 Å². The largest absolute Gasteiger partial charge is 0.494 e. The van der Waals surface area contributed by atoms with Crippen LogP contribution in [-0.4, -0.2) is 12.5 Å². The van der Waals surface area contributed by atoms with Crippen LogP contribution in [0.4, 0.5) is 0 Å². The van der Waals surface area contributed by atoms with Gasteiger partial charge < -0.3 is 10.1 Å². The predicted molar refractivity (Wildman–Crippen MR) is 93.6 cm³/mol. The molecule has 0 unspecified atom stereocenters. The van der Waals surface area contributed by atoms with Gasteiger partial charge >= 0.3 is 0 Å². The molecule has 23 heavy (non-hydrogen) atoms. The van der Waals surface area contributed by atoms with E-state index in [0.29, 0.717) is 19.6 Å². The number of ether oxygens (including phenoxy) is 1. The molecular formula is C20H25NO2. The van der Waals surface area contributed by atoms with E-state index in [1.54, 1.807) is 0 Å². The van der Waals surface area contributed by atoms with E-state index in [1.807, 2.05) is 42.5 Å². The molecule has 2 rings (SSSR count). The Morgan fingerprint density at radius 2 is 1.83 bits per heavy atom. The summed E-state index contributed by atoms with van der Waals surface area (Å²) in [7, 11) is 0. The van der Waals surface area contributed by atoms with E-state index in [2.05, 4.69) is 25.2 Å². The first kappa shape index (κ1) is 17.1. The minimum atomic E-state index is 0.0470. The Balaban J connectivity index is 1.89. The summed E-state index contributed by atoms with van der Waals surface area (Å²) < 4.78 is 5.62. The topological polar surface area (TPSA) is 38.3 Å². The molecule has 0 aliphatic carbocycles. The van der Waals surface area contributed by atoms with Crippen molar-refractivity contribution >= 4 is 5.91 Å². The van der Waals surface area contributed by atoms with Crippen LogP contribution in [0.3, 0.4) is 0 Å². The maximum atomic E-state index is 12.2. The highest BCUT2D eigenvalue weighted by molar-refractivity contribution is 5.78. The Bertz CT molecular complexity index is 637. The average molecular weight is 311 g/mol. The number of hydrogen-bond acceptors (Lipinski definition) is 2. The molecule has 2 aromatic carbocycles. The summed E-state index contributed by atoms with van der Waals surface area (Å²) in [5.74, 6) is 0.903. The summed E-state index contributed by atoms with van der Waals surface area (Å²) >= 11 is 0. The van der Waals surface area contributed by atoms with Crippen LogP contribution in [0.5, 0.6) is 5.75 Å². The number of amides is 1. The molecule has 1 N–H and O–H groups in total. The molecule has 2 aromatic rings. The Morgan fingerprint density at radius 1 is 1.04 bits per heavy atom. The maximum absolute atomic E-state index is 12.2. The standard InChI is InChI=1S/C20H25NO2/c1-3-12-23-19-11-7-8-16(13-19)15-21-20(22)14-18-10-6-5-9-17(18)4-2/h5-11,13H,3-4,12,14-15H2,1-2H3,(H,21,22). The zero-order valence-corrected chi connectivity index (χ0v) is 14.0. The van der Waals surface area contributed by atoms with Crippen molar-refractivity contribution in [3.63, 3.8) is 0 Å². The van der Waals surface area contributed by atoms with Gasteiger partial charge in [-0.15, -0.1) is 0 Å². The van der Waals surface area contributed by atoms with Gasteiger partial charge in [0.15, 0.2) is 0 Å². The normalized spacial score (nSPS) is 10.3. The predicted octanol–water partition coefficient (Wildman–Crippen LogP) is 3.90. The molecule has 0 aromatic heterocycles. The smallest absolute Gasteiger partial charge is 0.224 e. The summed E-state index contributed by atoms with van der Waals surface area (Å²) in [6.45, 7) is 5.43. The Morgan fingerprint density at radius 3 is 2.57 bits per heavy atom. The summed E-state index contributed by atoms with van der Waals surface area (Å²) in [6.07, 6.45) is 2.36. The summed E-state index contributed by atoms with van der Waals surface area (Å²) in [5.41, 5.74) is 3.39. The van der Waals surface area contributed by atoms with Crippen LogP contribution >= 0.6 is 0 Å². The second kappa shape index (κ2) is 8.99. The molecule has 0 atom stereocenters. The molecule has 0 radical (unpaired) electrons. The van der Waals surface area contributed by atoms with Crippen LogP contribution in [0.15, 0.2) is 48.5 Å². The van der Waals surface area contributed by atoms with E-state index in [-0.39, 0.29) is 5.91 Å². The van der Waals surface area contributed by atoms with Gasteiger partial charge in [-0.1, -0.05) is 50.2 Å². The van der Waals surface area contributed by atoms with Gasteiger partial charge in [-0.05, 0) is 41.7 Å². The molecule has 0 saturated carbocycles. The number of carbonyl (C=O) groups is 1. The summed E-state index contributed by atoms with van der Waals surface area (Å²) in [4.78, 5) is 12.2. The fraction of sp³-hybridized carbons (Fsp3) is 0.350. The third kappa shape index (κ3) is 5.44.